The summed E-state index contributed by atoms with van der Waals surface area (Å²) in [4.78, 5) is 2.48. The van der Waals surface area contributed by atoms with E-state index in [4.69, 9.17) is 0 Å². The third-order valence-electron chi connectivity index (χ3n) is 5.62. The fraction of sp³-hybridized carbons (Fsp3) is 0.478. The predicted molar refractivity (Wildman–Crippen MR) is 110 cm³/mol. The highest BCUT2D eigenvalue weighted by molar-refractivity contribution is 5.64. The second kappa shape index (κ2) is 9.57. The van der Waals surface area contributed by atoms with E-state index >= 15 is 0 Å². The van der Waals surface area contributed by atoms with E-state index in [-0.39, 0.29) is 5.54 Å². The molecule has 0 saturated heterocycles. The van der Waals surface area contributed by atoms with Gasteiger partial charge in [0.1, 0.15) is 0 Å². The van der Waals surface area contributed by atoms with Crippen molar-refractivity contribution in [3.63, 3.8) is 0 Å². The minimum absolute atomic E-state index is 0.129. The average molecular weight is 393 g/mol. The molecule has 2 nitrogen and oxygen atoms in total. The van der Waals surface area contributed by atoms with E-state index in [0.29, 0.717) is 0 Å². The summed E-state index contributed by atoms with van der Waals surface area (Å²) in [5.74, 6) is 0. The van der Waals surface area contributed by atoms with Crippen LogP contribution in [0, 0.1) is 0 Å². The molecule has 28 heavy (non-hydrogen) atoms. The molecule has 0 aliphatic heterocycles. The molecular weight excluding hydrogens is 361 g/mol. The van der Waals surface area contributed by atoms with Gasteiger partial charge in [-0.1, -0.05) is 57.2 Å². The largest absolute Gasteiger partial charge is 0.416 e. The fourth-order valence-corrected chi connectivity index (χ4v) is 3.59. The molecule has 2 aromatic rings. The molecule has 0 aliphatic carbocycles. The maximum Gasteiger partial charge on any atom is 0.416 e. The number of hydrogen-bond acceptors (Lipinski definition) is 2. The van der Waals surface area contributed by atoms with Crippen LogP contribution < -0.4 is 5.32 Å². The van der Waals surface area contributed by atoms with Gasteiger partial charge in [0.15, 0.2) is 0 Å². The van der Waals surface area contributed by atoms with Gasteiger partial charge in [0.25, 0.3) is 0 Å². The third-order valence-corrected chi connectivity index (χ3v) is 5.62. The summed E-state index contributed by atoms with van der Waals surface area (Å²) < 4.78 is 38.1. The Balaban J connectivity index is 1.97. The number of rotatable bonds is 9. The molecule has 0 spiro atoms. The van der Waals surface area contributed by atoms with Crippen LogP contribution in [0.1, 0.15) is 45.2 Å². The maximum atomic E-state index is 12.7. The van der Waals surface area contributed by atoms with Gasteiger partial charge in [-0.05, 0) is 55.3 Å². The van der Waals surface area contributed by atoms with E-state index in [2.05, 4.69) is 37.9 Å². The molecule has 0 heterocycles. The lowest BCUT2D eigenvalue weighted by atomic mass is 9.96. The van der Waals surface area contributed by atoms with Crippen LogP contribution in [0.3, 0.4) is 0 Å². The molecule has 0 bridgehead atoms. The average Bonchev–Trinajstić information content (AvgIpc) is 2.69. The first-order chi connectivity index (χ1) is 13.2. The molecule has 2 aromatic carbocycles. The lowest BCUT2D eigenvalue weighted by Gasteiger charge is -2.40. The minimum atomic E-state index is -4.30. The second-order valence-corrected chi connectivity index (χ2v) is 7.40. The van der Waals surface area contributed by atoms with Crippen LogP contribution in [-0.4, -0.2) is 30.1 Å². The second-order valence-electron chi connectivity index (χ2n) is 7.40. The van der Waals surface area contributed by atoms with Gasteiger partial charge in [0.05, 0.1) is 5.56 Å². The first kappa shape index (κ1) is 22.4. The number of likely N-dealkylation sites (N-methyl/N-ethyl adjacent to an activating group) is 1. The van der Waals surface area contributed by atoms with Crippen LogP contribution in [0.4, 0.5) is 13.2 Å². The van der Waals surface area contributed by atoms with Gasteiger partial charge in [0, 0.05) is 18.6 Å². The Hall–Kier alpha value is -1.85. The molecule has 0 amide bonds. The zero-order chi connectivity index (χ0) is 20.8. The Labute approximate surface area is 166 Å². The first-order valence-electron chi connectivity index (χ1n) is 9.95. The van der Waals surface area contributed by atoms with Crippen molar-refractivity contribution in [2.45, 2.75) is 52.4 Å². The number of halogens is 3. The Morgan fingerprint density at radius 3 is 1.75 bits per heavy atom. The quantitative estimate of drug-likeness (QED) is 0.565. The monoisotopic (exact) mass is 392 g/mol. The van der Waals surface area contributed by atoms with Crippen LogP contribution in [-0.2, 0) is 12.7 Å². The number of alkyl halides is 3. The molecule has 154 valence electrons. The molecule has 1 unspecified atom stereocenters. The summed E-state index contributed by atoms with van der Waals surface area (Å²) in [5.41, 5.74) is 2.37. The van der Waals surface area contributed by atoms with Gasteiger partial charge >= 0.3 is 6.18 Å². The van der Waals surface area contributed by atoms with Gasteiger partial charge in [-0.2, -0.15) is 13.2 Å². The minimum Gasteiger partial charge on any atom is -0.311 e. The van der Waals surface area contributed by atoms with Crippen LogP contribution in [0.25, 0.3) is 11.1 Å². The SMILES string of the molecule is CCN(CC)C(C)(CC)CNCc1ccc(-c2ccc(C(F)(F)F)cc2)cc1. The highest BCUT2D eigenvalue weighted by Crippen LogP contribution is 2.31. The summed E-state index contributed by atoms with van der Waals surface area (Å²) in [6, 6.07) is 13.3. The lowest BCUT2D eigenvalue weighted by Crippen LogP contribution is -2.52. The Kier molecular flexibility index (Phi) is 7.67. The summed E-state index contributed by atoms with van der Waals surface area (Å²) in [7, 11) is 0. The van der Waals surface area contributed by atoms with Crippen LogP contribution >= 0.6 is 0 Å². The molecular formula is C23H31F3N2. The number of benzene rings is 2. The lowest BCUT2D eigenvalue weighted by molar-refractivity contribution is -0.137. The Bertz CT molecular complexity index is 719. The highest BCUT2D eigenvalue weighted by Gasteiger charge is 2.30. The number of hydrogen-bond donors (Lipinski definition) is 1. The van der Waals surface area contributed by atoms with Crippen molar-refractivity contribution in [2.24, 2.45) is 0 Å². The third kappa shape index (κ3) is 5.58. The molecule has 0 fully saturated rings. The predicted octanol–water partition coefficient (Wildman–Crippen LogP) is 5.97. The van der Waals surface area contributed by atoms with E-state index in [0.717, 1.165) is 61.4 Å². The van der Waals surface area contributed by atoms with Crippen molar-refractivity contribution < 1.29 is 13.2 Å². The summed E-state index contributed by atoms with van der Waals surface area (Å²) in [6.45, 7) is 12.6. The molecule has 1 N–H and O–H groups in total. The summed E-state index contributed by atoms with van der Waals surface area (Å²) in [5, 5.41) is 3.56. The molecule has 2 rings (SSSR count). The van der Waals surface area contributed by atoms with Crippen molar-refractivity contribution >= 4 is 0 Å². The molecule has 0 radical (unpaired) electrons. The van der Waals surface area contributed by atoms with Crippen LogP contribution in [0.5, 0.6) is 0 Å². The van der Waals surface area contributed by atoms with E-state index in [1.54, 1.807) is 0 Å². The highest BCUT2D eigenvalue weighted by atomic mass is 19.4. The van der Waals surface area contributed by atoms with E-state index in [9.17, 15) is 13.2 Å². The smallest absolute Gasteiger partial charge is 0.311 e. The van der Waals surface area contributed by atoms with Gasteiger partial charge in [0.2, 0.25) is 0 Å². The molecule has 0 saturated carbocycles. The Morgan fingerprint density at radius 2 is 1.32 bits per heavy atom. The zero-order valence-corrected chi connectivity index (χ0v) is 17.2. The van der Waals surface area contributed by atoms with Crippen molar-refractivity contribution in [1.82, 2.24) is 10.2 Å². The summed E-state index contributed by atoms with van der Waals surface area (Å²) >= 11 is 0. The van der Waals surface area contributed by atoms with Gasteiger partial charge in [-0.3, -0.25) is 4.90 Å². The van der Waals surface area contributed by atoms with E-state index in [1.165, 1.54) is 12.1 Å². The van der Waals surface area contributed by atoms with Gasteiger partial charge < -0.3 is 5.32 Å². The van der Waals surface area contributed by atoms with E-state index < -0.39 is 11.7 Å². The zero-order valence-electron chi connectivity index (χ0n) is 17.2. The Morgan fingerprint density at radius 1 is 0.821 bits per heavy atom. The fourth-order valence-electron chi connectivity index (χ4n) is 3.59. The number of nitrogens with one attached hydrogen (secondary N) is 1. The van der Waals surface area contributed by atoms with Crippen molar-refractivity contribution in [3.8, 4) is 11.1 Å². The van der Waals surface area contributed by atoms with Crippen LogP contribution in [0.15, 0.2) is 48.5 Å². The van der Waals surface area contributed by atoms with Crippen molar-refractivity contribution in [2.75, 3.05) is 19.6 Å². The standard InChI is InChI=1S/C23H31F3N2/c1-5-22(4,28(6-2)7-3)17-27-16-18-8-10-19(11-9-18)20-12-14-21(15-13-20)23(24,25)26/h8-15,27H,5-7,16-17H2,1-4H3. The van der Waals surface area contributed by atoms with Gasteiger partial charge in [-0.15, -0.1) is 0 Å². The van der Waals surface area contributed by atoms with Crippen molar-refractivity contribution in [1.29, 1.82) is 0 Å². The topological polar surface area (TPSA) is 15.3 Å². The van der Waals surface area contributed by atoms with E-state index in [1.807, 2.05) is 24.3 Å². The van der Waals surface area contributed by atoms with Crippen LogP contribution in [0.2, 0.25) is 0 Å². The summed E-state index contributed by atoms with van der Waals surface area (Å²) in [6.07, 6.45) is -3.22. The molecule has 0 aliphatic rings. The first-order valence-corrected chi connectivity index (χ1v) is 9.95. The molecule has 1 atom stereocenters. The molecule has 5 heteroatoms. The van der Waals surface area contributed by atoms with Crippen molar-refractivity contribution in [3.05, 3.63) is 59.7 Å². The van der Waals surface area contributed by atoms with Gasteiger partial charge in [-0.25, -0.2) is 0 Å². The normalized spacial score (nSPS) is 14.3. The molecule has 0 aromatic heterocycles. The maximum absolute atomic E-state index is 12.7. The number of nitrogens with zero attached hydrogens (tertiary/aromatic N) is 1.